The van der Waals surface area contributed by atoms with Crippen LogP contribution in [-0.2, 0) is 4.79 Å². The fourth-order valence-corrected chi connectivity index (χ4v) is 1.39. The van der Waals surface area contributed by atoms with Gasteiger partial charge in [0.2, 0.25) is 0 Å². The zero-order valence-electron chi connectivity index (χ0n) is 9.37. The molecule has 1 aromatic rings. The molecule has 0 aromatic heterocycles. The van der Waals surface area contributed by atoms with Crippen molar-refractivity contribution in [3.63, 3.8) is 0 Å². The molecule has 88 valence electrons. The average molecular weight is 226 g/mol. The first-order valence-corrected chi connectivity index (χ1v) is 5.20. The van der Waals surface area contributed by atoms with E-state index in [0.29, 0.717) is 17.7 Å². The Morgan fingerprint density at radius 2 is 2.25 bits per heavy atom. The Balaban J connectivity index is 2.81. The maximum Gasteiger partial charge on any atom is 0.344 e. The van der Waals surface area contributed by atoms with Gasteiger partial charge >= 0.3 is 5.97 Å². The number of hydrogen-bond acceptors (Lipinski definition) is 2. The molecular weight excluding hydrogens is 211 g/mol. The van der Waals surface area contributed by atoms with E-state index in [0.717, 1.165) is 6.42 Å². The molecule has 1 unspecified atom stereocenters. The van der Waals surface area contributed by atoms with E-state index in [4.69, 9.17) is 9.84 Å². The van der Waals surface area contributed by atoms with Gasteiger partial charge in [-0.2, -0.15) is 0 Å². The van der Waals surface area contributed by atoms with Crippen molar-refractivity contribution in [1.29, 1.82) is 0 Å². The molecule has 0 heterocycles. The highest BCUT2D eigenvalue weighted by Gasteiger charge is 2.18. The standard InChI is InChI=1S/C12H15FO3/c1-3-4-11(12(14)15)16-10-6-5-9(13)7-8(10)2/h5-7,11H,3-4H2,1-2H3,(H,14,15). The minimum Gasteiger partial charge on any atom is -0.479 e. The van der Waals surface area contributed by atoms with E-state index in [1.165, 1.54) is 18.2 Å². The molecule has 16 heavy (non-hydrogen) atoms. The van der Waals surface area contributed by atoms with Crippen LogP contribution in [0.4, 0.5) is 4.39 Å². The van der Waals surface area contributed by atoms with Crippen LogP contribution in [-0.4, -0.2) is 17.2 Å². The zero-order chi connectivity index (χ0) is 12.1. The number of carboxylic acid groups (broad SMARTS) is 1. The number of rotatable bonds is 5. The van der Waals surface area contributed by atoms with Gasteiger partial charge in [-0.15, -0.1) is 0 Å². The highest BCUT2D eigenvalue weighted by Crippen LogP contribution is 2.21. The minimum absolute atomic E-state index is 0.354. The van der Waals surface area contributed by atoms with Gasteiger partial charge in [-0.25, -0.2) is 9.18 Å². The molecule has 0 bridgehead atoms. The molecule has 0 aliphatic heterocycles. The van der Waals surface area contributed by atoms with Crippen molar-refractivity contribution >= 4 is 5.97 Å². The lowest BCUT2D eigenvalue weighted by molar-refractivity contribution is -0.145. The summed E-state index contributed by atoms with van der Waals surface area (Å²) in [6.07, 6.45) is 0.290. The quantitative estimate of drug-likeness (QED) is 0.839. The van der Waals surface area contributed by atoms with E-state index >= 15 is 0 Å². The van der Waals surface area contributed by atoms with E-state index in [-0.39, 0.29) is 5.82 Å². The second-order valence-corrected chi connectivity index (χ2v) is 3.64. The molecule has 0 fully saturated rings. The van der Waals surface area contributed by atoms with Crippen LogP contribution in [0.5, 0.6) is 5.75 Å². The first-order chi connectivity index (χ1) is 7.54. The van der Waals surface area contributed by atoms with Crippen LogP contribution < -0.4 is 4.74 Å². The van der Waals surface area contributed by atoms with Gasteiger partial charge in [0.1, 0.15) is 11.6 Å². The van der Waals surface area contributed by atoms with Gasteiger partial charge in [-0.3, -0.25) is 0 Å². The number of ether oxygens (including phenoxy) is 1. The summed E-state index contributed by atoms with van der Waals surface area (Å²) in [7, 11) is 0. The first kappa shape index (κ1) is 12.5. The predicted octanol–water partition coefficient (Wildman–Crippen LogP) is 2.77. The molecule has 1 rings (SSSR count). The van der Waals surface area contributed by atoms with E-state index in [9.17, 15) is 9.18 Å². The number of carboxylic acids is 1. The van der Waals surface area contributed by atoms with Crippen molar-refractivity contribution in [1.82, 2.24) is 0 Å². The van der Waals surface area contributed by atoms with E-state index in [1.807, 2.05) is 6.92 Å². The summed E-state index contributed by atoms with van der Waals surface area (Å²) >= 11 is 0. The molecule has 0 aliphatic carbocycles. The largest absolute Gasteiger partial charge is 0.479 e. The third-order valence-corrected chi connectivity index (χ3v) is 2.23. The van der Waals surface area contributed by atoms with Gasteiger partial charge in [0, 0.05) is 0 Å². The predicted molar refractivity (Wildman–Crippen MR) is 58.1 cm³/mol. The summed E-state index contributed by atoms with van der Waals surface area (Å²) in [4.78, 5) is 10.9. The molecule has 1 aromatic carbocycles. The fraction of sp³-hybridized carbons (Fsp3) is 0.417. The highest BCUT2D eigenvalue weighted by molar-refractivity contribution is 5.72. The van der Waals surface area contributed by atoms with Gasteiger partial charge in [0.05, 0.1) is 0 Å². The Labute approximate surface area is 93.9 Å². The van der Waals surface area contributed by atoms with Crippen molar-refractivity contribution in [3.8, 4) is 5.75 Å². The Morgan fingerprint density at radius 1 is 1.56 bits per heavy atom. The number of aryl methyl sites for hydroxylation is 1. The van der Waals surface area contributed by atoms with Gasteiger partial charge in [-0.05, 0) is 37.1 Å². The summed E-state index contributed by atoms with van der Waals surface area (Å²) in [5.41, 5.74) is 0.599. The van der Waals surface area contributed by atoms with Gasteiger partial charge in [-0.1, -0.05) is 13.3 Å². The fourth-order valence-electron chi connectivity index (χ4n) is 1.39. The Bertz CT molecular complexity index is 377. The molecule has 4 heteroatoms. The van der Waals surface area contributed by atoms with Gasteiger partial charge < -0.3 is 9.84 Å². The summed E-state index contributed by atoms with van der Waals surface area (Å²) in [6, 6.07) is 4.03. The molecule has 0 saturated heterocycles. The monoisotopic (exact) mass is 226 g/mol. The highest BCUT2D eigenvalue weighted by atomic mass is 19.1. The lowest BCUT2D eigenvalue weighted by Gasteiger charge is -2.15. The number of halogens is 1. The van der Waals surface area contributed by atoms with Crippen molar-refractivity contribution in [2.75, 3.05) is 0 Å². The summed E-state index contributed by atoms with van der Waals surface area (Å²) in [6.45, 7) is 3.57. The lowest BCUT2D eigenvalue weighted by Crippen LogP contribution is -2.26. The summed E-state index contributed by atoms with van der Waals surface area (Å²) in [5, 5.41) is 8.91. The molecule has 0 saturated carbocycles. The van der Waals surface area contributed by atoms with Gasteiger partial charge in [0.15, 0.2) is 6.10 Å². The Morgan fingerprint density at radius 3 is 2.75 bits per heavy atom. The third kappa shape index (κ3) is 3.22. The Hall–Kier alpha value is -1.58. The number of aliphatic carboxylic acids is 1. The molecule has 3 nitrogen and oxygen atoms in total. The summed E-state index contributed by atoms with van der Waals surface area (Å²) < 4.78 is 18.2. The first-order valence-electron chi connectivity index (χ1n) is 5.20. The van der Waals surface area contributed by atoms with Crippen LogP contribution in [0.25, 0.3) is 0 Å². The van der Waals surface area contributed by atoms with Crippen molar-refractivity contribution in [2.24, 2.45) is 0 Å². The number of carbonyl (C=O) groups is 1. The van der Waals surface area contributed by atoms with E-state index < -0.39 is 12.1 Å². The normalized spacial score (nSPS) is 12.2. The number of hydrogen-bond donors (Lipinski definition) is 1. The smallest absolute Gasteiger partial charge is 0.344 e. The Kier molecular flexibility index (Phi) is 4.28. The lowest BCUT2D eigenvalue weighted by atomic mass is 10.2. The maximum absolute atomic E-state index is 12.8. The maximum atomic E-state index is 12.8. The second-order valence-electron chi connectivity index (χ2n) is 3.64. The molecule has 1 atom stereocenters. The molecule has 0 aliphatic rings. The van der Waals surface area contributed by atoms with E-state index in [1.54, 1.807) is 6.92 Å². The summed E-state index contributed by atoms with van der Waals surface area (Å²) in [5.74, 6) is -0.931. The molecule has 0 radical (unpaired) electrons. The van der Waals surface area contributed by atoms with Crippen LogP contribution in [0.2, 0.25) is 0 Å². The number of benzene rings is 1. The second kappa shape index (κ2) is 5.49. The van der Waals surface area contributed by atoms with Crippen LogP contribution in [0.1, 0.15) is 25.3 Å². The van der Waals surface area contributed by atoms with Crippen LogP contribution >= 0.6 is 0 Å². The van der Waals surface area contributed by atoms with Crippen molar-refractivity contribution in [2.45, 2.75) is 32.8 Å². The molecule has 0 spiro atoms. The SMILES string of the molecule is CCCC(Oc1ccc(F)cc1C)C(=O)O. The van der Waals surface area contributed by atoms with Crippen LogP contribution in [0.3, 0.4) is 0 Å². The topological polar surface area (TPSA) is 46.5 Å². The van der Waals surface area contributed by atoms with Gasteiger partial charge in [0.25, 0.3) is 0 Å². The van der Waals surface area contributed by atoms with Crippen molar-refractivity contribution in [3.05, 3.63) is 29.6 Å². The molecule has 0 amide bonds. The average Bonchev–Trinajstić information content (AvgIpc) is 2.20. The molecule has 1 N–H and O–H groups in total. The van der Waals surface area contributed by atoms with Crippen LogP contribution in [0, 0.1) is 12.7 Å². The van der Waals surface area contributed by atoms with Crippen molar-refractivity contribution < 1.29 is 19.0 Å². The third-order valence-electron chi connectivity index (χ3n) is 2.23. The van der Waals surface area contributed by atoms with Crippen LogP contribution in [0.15, 0.2) is 18.2 Å². The zero-order valence-corrected chi connectivity index (χ0v) is 9.37. The van der Waals surface area contributed by atoms with E-state index in [2.05, 4.69) is 0 Å². The minimum atomic E-state index is -0.995. The molecular formula is C12H15FO3.